The predicted molar refractivity (Wildman–Crippen MR) is 108 cm³/mol. The summed E-state index contributed by atoms with van der Waals surface area (Å²) < 4.78 is 18.0. The third-order valence-corrected chi connectivity index (χ3v) is 4.72. The molecule has 0 saturated heterocycles. The second-order valence-electron chi connectivity index (χ2n) is 6.60. The molecular weight excluding hydrogens is 374 g/mol. The summed E-state index contributed by atoms with van der Waals surface area (Å²) in [7, 11) is 3.40. The summed E-state index contributed by atoms with van der Waals surface area (Å²) in [5.41, 5.74) is 1.93. The molecule has 2 aromatic carbocycles. The minimum atomic E-state index is -0.338. The molecule has 0 unspecified atom stereocenters. The molecule has 150 valence electrons. The maximum atomic E-state index is 12.6. The standard InChI is InChI=1S/C21H21N3O5/c1-24-16-5-4-15(27-2)9-13(16)10-17(24)21(26)22-12-20(25)23-14-3-6-18-19(11-14)29-8-7-28-18/h3-6,9-11H,7-8,12H2,1-2H3,(H,22,26)(H,23,25). The minimum Gasteiger partial charge on any atom is -0.497 e. The zero-order valence-electron chi connectivity index (χ0n) is 16.2. The quantitative estimate of drug-likeness (QED) is 0.692. The fourth-order valence-corrected chi connectivity index (χ4v) is 3.25. The van der Waals surface area contributed by atoms with Gasteiger partial charge in [0.2, 0.25) is 5.91 Å². The number of anilines is 1. The number of hydrogen-bond donors (Lipinski definition) is 2. The fraction of sp³-hybridized carbons (Fsp3) is 0.238. The van der Waals surface area contributed by atoms with E-state index in [1.807, 2.05) is 18.2 Å². The number of carbonyl (C=O) groups is 2. The molecule has 3 aromatic rings. The van der Waals surface area contributed by atoms with Crippen molar-refractivity contribution in [3.05, 3.63) is 48.2 Å². The van der Waals surface area contributed by atoms with Crippen LogP contribution in [0.4, 0.5) is 5.69 Å². The van der Waals surface area contributed by atoms with Crippen molar-refractivity contribution in [3.63, 3.8) is 0 Å². The lowest BCUT2D eigenvalue weighted by Crippen LogP contribution is -2.33. The third kappa shape index (κ3) is 3.82. The van der Waals surface area contributed by atoms with E-state index in [-0.39, 0.29) is 18.4 Å². The summed E-state index contributed by atoms with van der Waals surface area (Å²) in [5, 5.41) is 6.28. The van der Waals surface area contributed by atoms with Gasteiger partial charge in [0.25, 0.3) is 5.91 Å². The van der Waals surface area contributed by atoms with Gasteiger partial charge in [-0.05, 0) is 36.4 Å². The second kappa shape index (κ2) is 7.75. The first-order valence-electron chi connectivity index (χ1n) is 9.16. The number of carbonyl (C=O) groups excluding carboxylic acids is 2. The average Bonchev–Trinajstić information content (AvgIpc) is 3.07. The van der Waals surface area contributed by atoms with Crippen LogP contribution < -0.4 is 24.8 Å². The molecule has 0 atom stereocenters. The summed E-state index contributed by atoms with van der Waals surface area (Å²) in [6.45, 7) is 0.821. The molecule has 1 aromatic heterocycles. The summed E-state index contributed by atoms with van der Waals surface area (Å²) in [5.74, 6) is 1.28. The third-order valence-electron chi connectivity index (χ3n) is 4.72. The van der Waals surface area contributed by atoms with Gasteiger partial charge in [-0.1, -0.05) is 0 Å². The van der Waals surface area contributed by atoms with Crippen molar-refractivity contribution < 1.29 is 23.8 Å². The van der Waals surface area contributed by atoms with Crippen molar-refractivity contribution in [1.29, 1.82) is 0 Å². The van der Waals surface area contributed by atoms with E-state index in [9.17, 15) is 9.59 Å². The van der Waals surface area contributed by atoms with Crippen LogP contribution in [0.5, 0.6) is 17.2 Å². The van der Waals surface area contributed by atoms with E-state index in [1.54, 1.807) is 43.0 Å². The van der Waals surface area contributed by atoms with Gasteiger partial charge in [0, 0.05) is 29.7 Å². The van der Waals surface area contributed by atoms with Crippen LogP contribution in [-0.4, -0.2) is 43.2 Å². The SMILES string of the molecule is COc1ccc2c(c1)cc(C(=O)NCC(=O)Nc1ccc3c(c1)OCCO3)n2C. The van der Waals surface area contributed by atoms with E-state index in [2.05, 4.69) is 10.6 Å². The Morgan fingerprint density at radius 2 is 1.86 bits per heavy atom. The van der Waals surface area contributed by atoms with Crippen molar-refractivity contribution in [2.45, 2.75) is 0 Å². The molecule has 29 heavy (non-hydrogen) atoms. The molecule has 0 saturated carbocycles. The number of benzene rings is 2. The molecule has 8 heteroatoms. The molecule has 0 aliphatic carbocycles. The highest BCUT2D eigenvalue weighted by Crippen LogP contribution is 2.32. The number of methoxy groups -OCH3 is 1. The first-order valence-corrected chi connectivity index (χ1v) is 9.16. The van der Waals surface area contributed by atoms with Crippen molar-refractivity contribution in [2.75, 3.05) is 32.2 Å². The van der Waals surface area contributed by atoms with E-state index < -0.39 is 0 Å². The van der Waals surface area contributed by atoms with Gasteiger partial charge < -0.3 is 29.4 Å². The van der Waals surface area contributed by atoms with E-state index >= 15 is 0 Å². The highest BCUT2D eigenvalue weighted by molar-refractivity contribution is 6.01. The van der Waals surface area contributed by atoms with Crippen LogP contribution in [0.2, 0.25) is 0 Å². The smallest absolute Gasteiger partial charge is 0.268 e. The molecular formula is C21H21N3O5. The van der Waals surface area contributed by atoms with Gasteiger partial charge in [-0.3, -0.25) is 9.59 Å². The predicted octanol–water partition coefficient (Wildman–Crippen LogP) is 2.33. The molecule has 2 N–H and O–H groups in total. The highest BCUT2D eigenvalue weighted by atomic mass is 16.6. The van der Waals surface area contributed by atoms with Gasteiger partial charge in [-0.15, -0.1) is 0 Å². The number of fused-ring (bicyclic) bond motifs is 2. The Hall–Kier alpha value is -3.68. The zero-order chi connectivity index (χ0) is 20.4. The zero-order valence-corrected chi connectivity index (χ0v) is 16.2. The molecule has 0 spiro atoms. The Morgan fingerprint density at radius 1 is 1.07 bits per heavy atom. The largest absolute Gasteiger partial charge is 0.497 e. The second-order valence-corrected chi connectivity index (χ2v) is 6.60. The Morgan fingerprint density at radius 3 is 2.66 bits per heavy atom. The lowest BCUT2D eigenvalue weighted by Gasteiger charge is -2.19. The molecule has 1 aliphatic heterocycles. The lowest BCUT2D eigenvalue weighted by atomic mass is 10.2. The van der Waals surface area contributed by atoms with E-state index in [0.29, 0.717) is 41.8 Å². The van der Waals surface area contributed by atoms with Crippen LogP contribution in [0.25, 0.3) is 10.9 Å². The van der Waals surface area contributed by atoms with Crippen molar-refractivity contribution in [3.8, 4) is 17.2 Å². The Bertz CT molecular complexity index is 1090. The Balaban J connectivity index is 1.40. The molecule has 4 rings (SSSR count). The molecule has 1 aliphatic rings. The Kier molecular flexibility index (Phi) is 4.99. The molecule has 0 bridgehead atoms. The monoisotopic (exact) mass is 395 g/mol. The number of nitrogens with one attached hydrogen (secondary N) is 2. The Labute approximate surface area is 167 Å². The van der Waals surface area contributed by atoms with Crippen LogP contribution in [-0.2, 0) is 11.8 Å². The van der Waals surface area contributed by atoms with E-state index in [0.717, 1.165) is 10.9 Å². The van der Waals surface area contributed by atoms with Crippen LogP contribution in [0, 0.1) is 0 Å². The fourth-order valence-electron chi connectivity index (χ4n) is 3.25. The number of aryl methyl sites for hydroxylation is 1. The van der Waals surface area contributed by atoms with Gasteiger partial charge in [-0.2, -0.15) is 0 Å². The first-order chi connectivity index (χ1) is 14.0. The molecule has 2 heterocycles. The van der Waals surface area contributed by atoms with Crippen LogP contribution in [0.3, 0.4) is 0 Å². The normalized spacial score (nSPS) is 12.5. The van der Waals surface area contributed by atoms with E-state index in [1.165, 1.54) is 0 Å². The summed E-state index contributed by atoms with van der Waals surface area (Å²) >= 11 is 0. The number of aromatic nitrogens is 1. The van der Waals surface area contributed by atoms with Gasteiger partial charge in [0.15, 0.2) is 11.5 Å². The maximum Gasteiger partial charge on any atom is 0.268 e. The van der Waals surface area contributed by atoms with Crippen molar-refractivity contribution in [2.24, 2.45) is 7.05 Å². The number of hydrogen-bond acceptors (Lipinski definition) is 5. The van der Waals surface area contributed by atoms with Gasteiger partial charge >= 0.3 is 0 Å². The maximum absolute atomic E-state index is 12.6. The molecule has 0 radical (unpaired) electrons. The highest BCUT2D eigenvalue weighted by Gasteiger charge is 2.16. The van der Waals surface area contributed by atoms with Crippen molar-refractivity contribution in [1.82, 2.24) is 9.88 Å². The summed E-state index contributed by atoms with van der Waals surface area (Å²) in [6, 6.07) is 12.5. The summed E-state index contributed by atoms with van der Waals surface area (Å²) in [6.07, 6.45) is 0. The molecule has 2 amide bonds. The first kappa shape index (κ1) is 18.7. The van der Waals surface area contributed by atoms with Gasteiger partial charge in [-0.25, -0.2) is 0 Å². The molecule has 8 nitrogen and oxygen atoms in total. The van der Waals surface area contributed by atoms with Gasteiger partial charge in [0.1, 0.15) is 24.7 Å². The molecule has 0 fully saturated rings. The number of rotatable bonds is 5. The minimum absolute atomic E-state index is 0.155. The summed E-state index contributed by atoms with van der Waals surface area (Å²) in [4.78, 5) is 24.8. The van der Waals surface area contributed by atoms with Crippen molar-refractivity contribution >= 4 is 28.4 Å². The van der Waals surface area contributed by atoms with E-state index in [4.69, 9.17) is 14.2 Å². The van der Waals surface area contributed by atoms with Crippen LogP contribution in [0.15, 0.2) is 42.5 Å². The average molecular weight is 395 g/mol. The number of amides is 2. The topological polar surface area (TPSA) is 90.8 Å². The van der Waals surface area contributed by atoms with Crippen LogP contribution in [0.1, 0.15) is 10.5 Å². The van der Waals surface area contributed by atoms with Gasteiger partial charge in [0.05, 0.1) is 13.7 Å². The number of ether oxygens (including phenoxy) is 3. The lowest BCUT2D eigenvalue weighted by molar-refractivity contribution is -0.115. The number of nitrogens with zero attached hydrogens (tertiary/aromatic N) is 1. The van der Waals surface area contributed by atoms with Crippen LogP contribution >= 0.6 is 0 Å².